The minimum absolute atomic E-state index is 0.965. The first kappa shape index (κ1) is 32.0. The molecule has 0 nitrogen and oxygen atoms in total. The molecule has 0 aliphatic heterocycles. The van der Waals surface area contributed by atoms with Crippen LogP contribution in [0, 0.1) is 11.8 Å². The summed E-state index contributed by atoms with van der Waals surface area (Å²) in [6, 6.07) is 0. The second-order valence-corrected chi connectivity index (χ2v) is 11.4. The Labute approximate surface area is 206 Å². The van der Waals surface area contributed by atoms with Crippen LogP contribution in [0.2, 0.25) is 0 Å². The standard InChI is InChI=1S/C32H66/c1-5-7-9-10-11-12-13-15-18-22-25-29-32(4)30-26-23-20-17-14-16-19-21-24-28-31(3)27-8-6-2/h31-32H,5-30H2,1-4H3. The Balaban J connectivity index is 3.18. The van der Waals surface area contributed by atoms with Gasteiger partial charge in [0.15, 0.2) is 0 Å². The second-order valence-electron chi connectivity index (χ2n) is 11.4. The van der Waals surface area contributed by atoms with Crippen LogP contribution >= 0.6 is 0 Å². The van der Waals surface area contributed by atoms with E-state index in [1.807, 2.05) is 0 Å². The Hall–Kier alpha value is 0. The van der Waals surface area contributed by atoms with Gasteiger partial charge in [-0.25, -0.2) is 0 Å². The zero-order chi connectivity index (χ0) is 23.5. The molecule has 0 aromatic rings. The molecule has 0 spiro atoms. The smallest absolute Gasteiger partial charge is 0.0443 e. The van der Waals surface area contributed by atoms with Crippen LogP contribution in [0.15, 0.2) is 0 Å². The summed E-state index contributed by atoms with van der Waals surface area (Å²) in [7, 11) is 0. The van der Waals surface area contributed by atoms with Crippen molar-refractivity contribution in [1.82, 2.24) is 0 Å². The molecule has 0 saturated heterocycles. The molecular formula is C32H66. The van der Waals surface area contributed by atoms with Crippen molar-refractivity contribution >= 4 is 0 Å². The van der Waals surface area contributed by atoms with Gasteiger partial charge in [0.25, 0.3) is 0 Å². The molecule has 0 bridgehead atoms. The molecule has 2 atom stereocenters. The van der Waals surface area contributed by atoms with Gasteiger partial charge in [0.1, 0.15) is 0 Å². The topological polar surface area (TPSA) is 0 Å². The zero-order valence-corrected chi connectivity index (χ0v) is 23.5. The van der Waals surface area contributed by atoms with Gasteiger partial charge in [-0.1, -0.05) is 195 Å². The highest BCUT2D eigenvalue weighted by atomic mass is 14.1. The van der Waals surface area contributed by atoms with Crippen LogP contribution in [0.4, 0.5) is 0 Å². The minimum atomic E-state index is 0.965. The molecule has 0 saturated carbocycles. The number of unbranched alkanes of at least 4 members (excludes halogenated alkanes) is 19. The molecular weight excluding hydrogens is 384 g/mol. The summed E-state index contributed by atoms with van der Waals surface area (Å²) < 4.78 is 0. The number of hydrogen-bond acceptors (Lipinski definition) is 0. The van der Waals surface area contributed by atoms with Gasteiger partial charge in [-0.3, -0.25) is 0 Å². The van der Waals surface area contributed by atoms with Crippen molar-refractivity contribution in [3.8, 4) is 0 Å². The number of hydrogen-bond donors (Lipinski definition) is 0. The summed E-state index contributed by atoms with van der Waals surface area (Å²) in [6.07, 6.45) is 38.2. The van der Waals surface area contributed by atoms with Gasteiger partial charge in [0.2, 0.25) is 0 Å². The molecule has 0 aromatic heterocycles. The molecule has 0 aliphatic carbocycles. The van der Waals surface area contributed by atoms with Crippen LogP contribution in [-0.4, -0.2) is 0 Å². The molecule has 0 rings (SSSR count). The van der Waals surface area contributed by atoms with Gasteiger partial charge in [-0.15, -0.1) is 0 Å². The maximum absolute atomic E-state index is 2.50. The van der Waals surface area contributed by atoms with Crippen molar-refractivity contribution in [2.45, 2.75) is 195 Å². The summed E-state index contributed by atoms with van der Waals surface area (Å²) in [4.78, 5) is 0. The van der Waals surface area contributed by atoms with E-state index in [0.717, 1.165) is 11.8 Å². The van der Waals surface area contributed by atoms with Crippen LogP contribution in [-0.2, 0) is 0 Å². The normalized spacial score (nSPS) is 13.5. The van der Waals surface area contributed by atoms with Gasteiger partial charge < -0.3 is 0 Å². The van der Waals surface area contributed by atoms with E-state index in [9.17, 15) is 0 Å². The molecule has 0 heteroatoms. The zero-order valence-electron chi connectivity index (χ0n) is 23.5. The molecule has 0 amide bonds. The molecule has 32 heavy (non-hydrogen) atoms. The Morgan fingerprint density at radius 2 is 0.500 bits per heavy atom. The fourth-order valence-corrected chi connectivity index (χ4v) is 5.22. The van der Waals surface area contributed by atoms with Crippen molar-refractivity contribution in [2.24, 2.45) is 11.8 Å². The van der Waals surface area contributed by atoms with Gasteiger partial charge in [-0.05, 0) is 11.8 Å². The van der Waals surface area contributed by atoms with Gasteiger partial charge in [0.05, 0.1) is 0 Å². The van der Waals surface area contributed by atoms with Crippen LogP contribution in [0.5, 0.6) is 0 Å². The maximum atomic E-state index is 2.50. The summed E-state index contributed by atoms with van der Waals surface area (Å²) in [6.45, 7) is 9.57. The number of rotatable bonds is 27. The van der Waals surface area contributed by atoms with E-state index < -0.39 is 0 Å². The maximum Gasteiger partial charge on any atom is -0.0443 e. The van der Waals surface area contributed by atoms with Crippen molar-refractivity contribution in [3.63, 3.8) is 0 Å². The van der Waals surface area contributed by atoms with Crippen LogP contribution in [0.1, 0.15) is 195 Å². The highest BCUT2D eigenvalue weighted by molar-refractivity contribution is 4.57. The Morgan fingerprint density at radius 1 is 0.281 bits per heavy atom. The quantitative estimate of drug-likeness (QED) is 0.109. The molecule has 0 heterocycles. The molecule has 0 radical (unpaired) electrons. The molecule has 0 aliphatic rings. The average molecular weight is 451 g/mol. The Kier molecular flexibility index (Phi) is 27.2. The van der Waals surface area contributed by atoms with E-state index in [-0.39, 0.29) is 0 Å². The fraction of sp³-hybridized carbons (Fsp3) is 1.00. The summed E-state index contributed by atoms with van der Waals surface area (Å²) in [5.41, 5.74) is 0. The molecule has 2 unspecified atom stereocenters. The van der Waals surface area contributed by atoms with Crippen LogP contribution < -0.4 is 0 Å². The van der Waals surface area contributed by atoms with Crippen LogP contribution in [0.25, 0.3) is 0 Å². The van der Waals surface area contributed by atoms with Crippen molar-refractivity contribution < 1.29 is 0 Å². The van der Waals surface area contributed by atoms with Gasteiger partial charge in [-0.2, -0.15) is 0 Å². The highest BCUT2D eigenvalue weighted by Crippen LogP contribution is 2.20. The third kappa shape index (κ3) is 26.3. The highest BCUT2D eigenvalue weighted by Gasteiger charge is 2.03. The van der Waals surface area contributed by atoms with Crippen molar-refractivity contribution in [1.29, 1.82) is 0 Å². The minimum Gasteiger partial charge on any atom is -0.0654 e. The van der Waals surface area contributed by atoms with Gasteiger partial charge in [0, 0.05) is 0 Å². The van der Waals surface area contributed by atoms with Crippen molar-refractivity contribution in [2.75, 3.05) is 0 Å². The van der Waals surface area contributed by atoms with E-state index in [0.29, 0.717) is 0 Å². The molecule has 194 valence electrons. The third-order valence-corrected chi connectivity index (χ3v) is 7.74. The molecule has 0 fully saturated rings. The van der Waals surface area contributed by atoms with E-state index in [1.54, 1.807) is 0 Å². The van der Waals surface area contributed by atoms with Gasteiger partial charge >= 0.3 is 0 Å². The van der Waals surface area contributed by atoms with E-state index in [1.165, 1.54) is 167 Å². The Bertz CT molecular complexity index is 320. The SMILES string of the molecule is CCCCCCCCCCCCCC(C)CCCCCCCCCCCC(C)CCCC. The lowest BCUT2D eigenvalue weighted by Gasteiger charge is -2.11. The summed E-state index contributed by atoms with van der Waals surface area (Å²) in [5.74, 6) is 1.93. The third-order valence-electron chi connectivity index (χ3n) is 7.74. The largest absolute Gasteiger partial charge is 0.0654 e. The predicted octanol–water partition coefficient (Wildman–Crippen LogP) is 12.4. The summed E-state index contributed by atoms with van der Waals surface area (Å²) in [5, 5.41) is 0. The lowest BCUT2D eigenvalue weighted by Crippen LogP contribution is -1.95. The molecule has 0 aromatic carbocycles. The second kappa shape index (κ2) is 27.2. The first-order chi connectivity index (χ1) is 15.7. The lowest BCUT2D eigenvalue weighted by atomic mass is 9.95. The van der Waals surface area contributed by atoms with E-state index >= 15 is 0 Å². The monoisotopic (exact) mass is 451 g/mol. The van der Waals surface area contributed by atoms with Crippen LogP contribution in [0.3, 0.4) is 0 Å². The van der Waals surface area contributed by atoms with E-state index in [2.05, 4.69) is 27.7 Å². The fourth-order valence-electron chi connectivity index (χ4n) is 5.22. The lowest BCUT2D eigenvalue weighted by molar-refractivity contribution is 0.427. The predicted molar refractivity (Wildman–Crippen MR) is 150 cm³/mol. The Morgan fingerprint density at radius 3 is 0.781 bits per heavy atom. The van der Waals surface area contributed by atoms with E-state index in [4.69, 9.17) is 0 Å². The van der Waals surface area contributed by atoms with Crippen molar-refractivity contribution in [3.05, 3.63) is 0 Å². The first-order valence-corrected chi connectivity index (χ1v) is 15.7. The summed E-state index contributed by atoms with van der Waals surface area (Å²) >= 11 is 0. The molecule has 0 N–H and O–H groups in total. The average Bonchev–Trinajstić information content (AvgIpc) is 2.79. The first-order valence-electron chi connectivity index (χ1n) is 15.7.